The maximum atomic E-state index is 4.89. The Morgan fingerprint density at radius 1 is 0.649 bits per heavy atom. The minimum Gasteiger partial charge on any atom is -0.341 e. The molecule has 7 atom stereocenters. The number of aromatic nitrogens is 4. The molecule has 2 unspecified atom stereocenters. The lowest BCUT2D eigenvalue weighted by molar-refractivity contribution is 0.499. The number of nitrogens with zero attached hydrogens (tertiary/aromatic N) is 2. The molecule has 184 valence electrons. The zero-order valence-electron chi connectivity index (χ0n) is 20.8. The molecule has 4 N–H and O–H groups in total. The van der Waals surface area contributed by atoms with Crippen LogP contribution in [0.3, 0.4) is 0 Å². The van der Waals surface area contributed by atoms with E-state index in [2.05, 4.69) is 88.2 Å². The van der Waals surface area contributed by atoms with Gasteiger partial charge in [0.2, 0.25) is 0 Å². The number of fused-ring (bicyclic) bond motifs is 4. The van der Waals surface area contributed by atoms with Gasteiger partial charge in [-0.3, -0.25) is 0 Å². The standard InChI is InChI=1S/C31H30N6/c1-15-21-14-28(33-29(15)21)31-35-23-9-7-19(11-26(23)37-31)17-4-2-16(3-5-17)18-6-8-22-25(10-18)36-30(34-22)27-13-20-12-24(20)32-27/h2-11,15,20-21,24,27-29,32-33H,12-14H2,1H3,(H,34,36)(H,35,37)/t15-,20-,21+,24-,27?,28+,29?/m1/s1. The molecule has 2 saturated carbocycles. The molecule has 2 aliphatic carbocycles. The number of H-pyrrole nitrogens is 2. The van der Waals surface area contributed by atoms with E-state index in [0.29, 0.717) is 18.1 Å². The molecule has 5 aromatic rings. The lowest BCUT2D eigenvalue weighted by atomic mass is 10.00. The van der Waals surface area contributed by atoms with Crippen LogP contribution in [0.15, 0.2) is 60.7 Å². The quantitative estimate of drug-likeness (QED) is 0.256. The number of benzene rings is 3. The SMILES string of the molecule is C[C@H]1C2N[C@H](c3nc4ccc(-c5ccc(-c6ccc7nc(C8C[C@H]9C[C@H]9N8)[nH]c7c6)cc5)cc4[nH]3)C[C@H]21. The molecule has 6 nitrogen and oxygen atoms in total. The van der Waals surface area contributed by atoms with Crippen LogP contribution in [0, 0.1) is 17.8 Å². The molecule has 4 heterocycles. The topological polar surface area (TPSA) is 81.4 Å². The van der Waals surface area contributed by atoms with E-state index in [1.54, 1.807) is 0 Å². The highest BCUT2D eigenvalue weighted by atomic mass is 15.1. The number of rotatable bonds is 4. The summed E-state index contributed by atoms with van der Waals surface area (Å²) in [6, 6.07) is 24.2. The summed E-state index contributed by atoms with van der Waals surface area (Å²) in [5, 5.41) is 7.45. The Bertz CT molecular complexity index is 1660. The summed E-state index contributed by atoms with van der Waals surface area (Å²) >= 11 is 0. The molecule has 9 rings (SSSR count). The fourth-order valence-electron chi connectivity index (χ4n) is 7.08. The number of imidazole rings is 2. The van der Waals surface area contributed by atoms with E-state index in [-0.39, 0.29) is 0 Å². The van der Waals surface area contributed by atoms with Gasteiger partial charge >= 0.3 is 0 Å². The summed E-state index contributed by atoms with van der Waals surface area (Å²) in [5.74, 6) is 4.69. The largest absolute Gasteiger partial charge is 0.341 e. The van der Waals surface area contributed by atoms with Crippen molar-refractivity contribution in [3.05, 3.63) is 72.3 Å². The number of aromatic amines is 2. The van der Waals surface area contributed by atoms with E-state index >= 15 is 0 Å². The van der Waals surface area contributed by atoms with E-state index in [1.807, 2.05) is 0 Å². The highest BCUT2D eigenvalue weighted by molar-refractivity contribution is 5.84. The first-order chi connectivity index (χ1) is 18.2. The third kappa shape index (κ3) is 3.25. The highest BCUT2D eigenvalue weighted by Crippen LogP contribution is 2.51. The Kier molecular flexibility index (Phi) is 4.06. The van der Waals surface area contributed by atoms with Crippen molar-refractivity contribution in [2.45, 2.75) is 50.4 Å². The number of hydrogen-bond acceptors (Lipinski definition) is 4. The summed E-state index contributed by atoms with van der Waals surface area (Å²) in [6.45, 7) is 2.34. The summed E-state index contributed by atoms with van der Waals surface area (Å²) in [5.41, 5.74) is 9.16. The van der Waals surface area contributed by atoms with Crippen molar-refractivity contribution in [1.82, 2.24) is 30.6 Å². The molecule has 3 aromatic carbocycles. The smallest absolute Gasteiger partial charge is 0.124 e. The number of hydrogen-bond donors (Lipinski definition) is 4. The first-order valence-electron chi connectivity index (χ1n) is 13.8. The van der Waals surface area contributed by atoms with Crippen molar-refractivity contribution < 1.29 is 0 Å². The summed E-state index contributed by atoms with van der Waals surface area (Å²) in [6.07, 6.45) is 3.75. The van der Waals surface area contributed by atoms with Crippen LogP contribution >= 0.6 is 0 Å². The van der Waals surface area contributed by atoms with Crippen LogP contribution in [0.4, 0.5) is 0 Å². The fourth-order valence-corrected chi connectivity index (χ4v) is 7.08. The van der Waals surface area contributed by atoms with Crippen molar-refractivity contribution in [3.63, 3.8) is 0 Å². The Morgan fingerprint density at radius 3 is 1.73 bits per heavy atom. The lowest BCUT2D eigenvalue weighted by Crippen LogP contribution is -2.20. The van der Waals surface area contributed by atoms with Crippen LogP contribution in [0.1, 0.15) is 49.9 Å². The fraction of sp³-hybridized carbons (Fsp3) is 0.355. The van der Waals surface area contributed by atoms with E-state index in [0.717, 1.165) is 57.5 Å². The van der Waals surface area contributed by atoms with E-state index in [4.69, 9.17) is 9.97 Å². The summed E-state index contributed by atoms with van der Waals surface area (Å²) in [7, 11) is 0. The maximum absolute atomic E-state index is 4.89. The van der Waals surface area contributed by atoms with Crippen LogP contribution in [0.5, 0.6) is 0 Å². The van der Waals surface area contributed by atoms with Crippen molar-refractivity contribution in [2.75, 3.05) is 0 Å². The van der Waals surface area contributed by atoms with Gasteiger partial charge in [0.1, 0.15) is 11.6 Å². The normalized spacial score (nSPS) is 31.6. The average molecular weight is 487 g/mol. The second kappa shape index (κ2) is 7.30. The molecule has 2 aliphatic heterocycles. The monoisotopic (exact) mass is 486 g/mol. The van der Waals surface area contributed by atoms with Gasteiger partial charge in [-0.05, 0) is 83.5 Å². The zero-order chi connectivity index (χ0) is 24.2. The average Bonchev–Trinajstić information content (AvgIpc) is 3.46. The molecule has 4 fully saturated rings. The third-order valence-electron chi connectivity index (χ3n) is 9.55. The van der Waals surface area contributed by atoms with Gasteiger partial charge in [-0.15, -0.1) is 0 Å². The third-order valence-corrected chi connectivity index (χ3v) is 9.55. The van der Waals surface area contributed by atoms with Crippen molar-refractivity contribution in [3.8, 4) is 22.3 Å². The molecule has 6 heteroatoms. The summed E-state index contributed by atoms with van der Waals surface area (Å²) < 4.78 is 0. The van der Waals surface area contributed by atoms with Gasteiger partial charge in [-0.2, -0.15) is 0 Å². The predicted octanol–water partition coefficient (Wildman–Crippen LogP) is 5.87. The molecule has 0 amide bonds. The van der Waals surface area contributed by atoms with Crippen LogP contribution < -0.4 is 10.6 Å². The molecule has 4 aliphatic rings. The first kappa shape index (κ1) is 20.6. The molecular formula is C31H30N6. The van der Waals surface area contributed by atoms with Gasteiger partial charge in [0.05, 0.1) is 34.2 Å². The van der Waals surface area contributed by atoms with Crippen LogP contribution in [-0.4, -0.2) is 32.0 Å². The number of nitrogens with one attached hydrogen (secondary N) is 4. The molecule has 37 heavy (non-hydrogen) atoms. The van der Waals surface area contributed by atoms with Crippen molar-refractivity contribution >= 4 is 22.1 Å². The Labute approximate surface area is 215 Å². The molecule has 0 spiro atoms. The Hall–Kier alpha value is -3.48. The van der Waals surface area contributed by atoms with E-state index in [9.17, 15) is 0 Å². The van der Waals surface area contributed by atoms with Gasteiger partial charge in [-0.1, -0.05) is 43.3 Å². The Morgan fingerprint density at radius 2 is 1.22 bits per heavy atom. The molecule has 0 radical (unpaired) electrons. The highest BCUT2D eigenvalue weighted by Gasteiger charge is 2.54. The van der Waals surface area contributed by atoms with Gasteiger partial charge in [0.25, 0.3) is 0 Å². The lowest BCUT2D eigenvalue weighted by Gasteiger charge is -2.11. The van der Waals surface area contributed by atoms with Crippen molar-refractivity contribution in [2.24, 2.45) is 17.8 Å². The second-order valence-electron chi connectivity index (χ2n) is 11.8. The maximum Gasteiger partial charge on any atom is 0.124 e. The molecule has 2 aromatic heterocycles. The summed E-state index contributed by atoms with van der Waals surface area (Å²) in [4.78, 5) is 16.9. The van der Waals surface area contributed by atoms with Crippen LogP contribution in [0.2, 0.25) is 0 Å². The minimum atomic E-state index is 0.365. The van der Waals surface area contributed by atoms with Gasteiger partial charge in [0.15, 0.2) is 0 Å². The van der Waals surface area contributed by atoms with Gasteiger partial charge < -0.3 is 20.6 Å². The van der Waals surface area contributed by atoms with Gasteiger partial charge in [-0.25, -0.2) is 9.97 Å². The van der Waals surface area contributed by atoms with E-state index in [1.165, 1.54) is 41.5 Å². The molecular weight excluding hydrogens is 456 g/mol. The first-order valence-corrected chi connectivity index (χ1v) is 13.8. The minimum absolute atomic E-state index is 0.365. The van der Waals surface area contributed by atoms with Crippen LogP contribution in [0.25, 0.3) is 44.3 Å². The molecule has 2 saturated heterocycles. The van der Waals surface area contributed by atoms with Crippen molar-refractivity contribution in [1.29, 1.82) is 0 Å². The van der Waals surface area contributed by atoms with Gasteiger partial charge in [0, 0.05) is 12.1 Å². The van der Waals surface area contributed by atoms with Crippen LogP contribution in [-0.2, 0) is 0 Å². The Balaban J connectivity index is 0.968. The molecule has 0 bridgehead atoms. The second-order valence-corrected chi connectivity index (χ2v) is 11.8. The number of piperidine rings is 2. The zero-order valence-corrected chi connectivity index (χ0v) is 20.8. The van der Waals surface area contributed by atoms with E-state index < -0.39 is 0 Å². The predicted molar refractivity (Wildman–Crippen MR) is 146 cm³/mol.